The number of likely N-dealkylation sites (N-methyl/N-ethyl adjacent to an activating group) is 1. The number of nitrogens with one attached hydrogen (secondary N) is 2. The van der Waals surface area contributed by atoms with Crippen LogP contribution in [0.2, 0.25) is 0 Å². The van der Waals surface area contributed by atoms with Crippen molar-refractivity contribution in [3.63, 3.8) is 0 Å². The van der Waals surface area contributed by atoms with Gasteiger partial charge in [0, 0.05) is 19.6 Å². The summed E-state index contributed by atoms with van der Waals surface area (Å²) in [6.07, 6.45) is 0. The smallest absolute Gasteiger partial charge is 0.242 e. The zero-order valence-corrected chi connectivity index (χ0v) is 12.5. The third-order valence-electron chi connectivity index (χ3n) is 2.78. The van der Waals surface area contributed by atoms with Crippen molar-refractivity contribution in [2.24, 2.45) is 0 Å². The first-order valence-corrected chi connectivity index (χ1v) is 6.82. The van der Waals surface area contributed by atoms with Gasteiger partial charge in [0.05, 0.1) is 0 Å². The second-order valence-corrected chi connectivity index (χ2v) is 4.25. The molecule has 1 atom stereocenters. The average molecular weight is 281 g/mol. The maximum absolute atomic E-state index is 11.7. The summed E-state index contributed by atoms with van der Waals surface area (Å²) < 4.78 is 0. The molecular weight excluding hydrogens is 258 g/mol. The Kier molecular flexibility index (Phi) is 5.95. The minimum atomic E-state index is -0.443. The third-order valence-corrected chi connectivity index (χ3v) is 2.78. The van der Waals surface area contributed by atoms with Gasteiger partial charge in [0.15, 0.2) is 0 Å². The predicted octanol–water partition coefficient (Wildman–Crippen LogP) is 0.237. The van der Waals surface area contributed by atoms with Gasteiger partial charge in [0.25, 0.3) is 0 Å². The van der Waals surface area contributed by atoms with E-state index < -0.39 is 6.04 Å². The molecule has 0 radical (unpaired) electrons. The van der Waals surface area contributed by atoms with Crippen molar-refractivity contribution in [3.05, 3.63) is 0 Å². The van der Waals surface area contributed by atoms with Crippen molar-refractivity contribution in [3.8, 4) is 0 Å². The average Bonchev–Trinajstić information content (AvgIpc) is 2.39. The summed E-state index contributed by atoms with van der Waals surface area (Å²) in [6, 6.07) is -0.443. The van der Waals surface area contributed by atoms with Gasteiger partial charge in [-0.2, -0.15) is 15.0 Å². The lowest BCUT2D eigenvalue weighted by atomic mass is 10.3. The Labute approximate surface area is 119 Å². The fourth-order valence-electron chi connectivity index (χ4n) is 1.68. The van der Waals surface area contributed by atoms with Crippen LogP contribution in [0.15, 0.2) is 0 Å². The molecule has 8 nitrogen and oxygen atoms in total. The van der Waals surface area contributed by atoms with Crippen LogP contribution in [0.3, 0.4) is 0 Å². The zero-order valence-electron chi connectivity index (χ0n) is 12.5. The van der Waals surface area contributed by atoms with Crippen LogP contribution in [-0.2, 0) is 4.79 Å². The molecule has 0 bridgehead atoms. The number of hydrogen-bond acceptors (Lipinski definition) is 7. The third kappa shape index (κ3) is 4.22. The minimum Gasteiger partial charge on any atom is -0.368 e. The molecule has 112 valence electrons. The molecule has 1 amide bonds. The fraction of sp³-hybridized carbons (Fsp3) is 0.667. The van der Waals surface area contributed by atoms with E-state index in [0.717, 1.165) is 13.1 Å². The quantitative estimate of drug-likeness (QED) is 0.656. The van der Waals surface area contributed by atoms with Gasteiger partial charge in [-0.15, -0.1) is 0 Å². The van der Waals surface area contributed by atoms with E-state index >= 15 is 0 Å². The number of rotatable bonds is 7. The van der Waals surface area contributed by atoms with Crippen LogP contribution in [0.5, 0.6) is 0 Å². The number of carbonyl (C=O) groups is 1. The molecule has 4 N–H and O–H groups in total. The topological polar surface area (TPSA) is 109 Å². The number of amides is 1. The fourth-order valence-corrected chi connectivity index (χ4v) is 1.68. The number of nitrogens with two attached hydrogens (primary N) is 1. The lowest BCUT2D eigenvalue weighted by Crippen LogP contribution is -2.38. The molecule has 0 fully saturated rings. The van der Waals surface area contributed by atoms with Crippen LogP contribution in [0.25, 0.3) is 0 Å². The highest BCUT2D eigenvalue weighted by molar-refractivity contribution is 5.83. The van der Waals surface area contributed by atoms with Crippen molar-refractivity contribution in [1.29, 1.82) is 0 Å². The SMILES string of the molecule is CCNC(=O)C(C)Nc1nc(N)nc(N(CC)CC)n1. The standard InChI is InChI=1S/C12H23N7O/c1-5-14-9(20)8(4)15-11-16-10(13)17-12(18-11)19(6-2)7-3/h8H,5-7H2,1-4H3,(H,14,20)(H3,13,15,16,17,18). The summed E-state index contributed by atoms with van der Waals surface area (Å²) in [5.41, 5.74) is 5.69. The van der Waals surface area contributed by atoms with Crippen LogP contribution in [0.4, 0.5) is 17.8 Å². The van der Waals surface area contributed by atoms with Crippen molar-refractivity contribution in [2.45, 2.75) is 33.7 Å². The molecule has 0 spiro atoms. The maximum Gasteiger partial charge on any atom is 0.242 e. The van der Waals surface area contributed by atoms with Crippen LogP contribution in [0.1, 0.15) is 27.7 Å². The van der Waals surface area contributed by atoms with Crippen molar-refractivity contribution in [1.82, 2.24) is 20.3 Å². The molecule has 1 unspecified atom stereocenters. The molecule has 1 aromatic heterocycles. The van der Waals surface area contributed by atoms with E-state index in [1.54, 1.807) is 6.92 Å². The van der Waals surface area contributed by atoms with Crippen LogP contribution in [-0.4, -0.2) is 46.5 Å². The van der Waals surface area contributed by atoms with Gasteiger partial charge >= 0.3 is 0 Å². The minimum absolute atomic E-state index is 0.115. The normalized spacial score (nSPS) is 11.8. The van der Waals surface area contributed by atoms with Gasteiger partial charge in [-0.3, -0.25) is 4.79 Å². The molecule has 8 heteroatoms. The molecule has 1 rings (SSSR count). The highest BCUT2D eigenvalue weighted by atomic mass is 16.2. The monoisotopic (exact) mass is 281 g/mol. The highest BCUT2D eigenvalue weighted by Crippen LogP contribution is 2.12. The number of nitrogen functional groups attached to an aromatic ring is 1. The number of carbonyl (C=O) groups excluding carboxylic acids is 1. The van der Waals surface area contributed by atoms with Crippen molar-refractivity contribution < 1.29 is 4.79 Å². The van der Waals surface area contributed by atoms with E-state index in [-0.39, 0.29) is 11.9 Å². The zero-order chi connectivity index (χ0) is 15.1. The molecule has 0 aliphatic heterocycles. The van der Waals surface area contributed by atoms with E-state index in [1.807, 2.05) is 25.7 Å². The van der Waals surface area contributed by atoms with Gasteiger partial charge in [0.2, 0.25) is 23.8 Å². The van der Waals surface area contributed by atoms with Crippen LogP contribution in [0, 0.1) is 0 Å². The molecule has 0 aliphatic carbocycles. The highest BCUT2D eigenvalue weighted by Gasteiger charge is 2.15. The van der Waals surface area contributed by atoms with E-state index in [2.05, 4.69) is 25.6 Å². The molecule has 0 aromatic carbocycles. The summed E-state index contributed by atoms with van der Waals surface area (Å²) in [5.74, 6) is 0.828. The molecule has 1 heterocycles. The predicted molar refractivity (Wildman–Crippen MR) is 79.6 cm³/mol. The second kappa shape index (κ2) is 7.46. The second-order valence-electron chi connectivity index (χ2n) is 4.25. The molecule has 20 heavy (non-hydrogen) atoms. The summed E-state index contributed by atoms with van der Waals surface area (Å²) in [7, 11) is 0. The largest absolute Gasteiger partial charge is 0.368 e. The van der Waals surface area contributed by atoms with Gasteiger partial charge in [-0.1, -0.05) is 0 Å². The van der Waals surface area contributed by atoms with Crippen molar-refractivity contribution in [2.75, 3.05) is 35.6 Å². The van der Waals surface area contributed by atoms with Gasteiger partial charge in [0.1, 0.15) is 6.04 Å². The Morgan fingerprint density at radius 2 is 1.90 bits per heavy atom. The van der Waals surface area contributed by atoms with E-state index in [9.17, 15) is 4.79 Å². The first-order chi connectivity index (χ1) is 9.51. The van der Waals surface area contributed by atoms with E-state index in [0.29, 0.717) is 18.4 Å². The maximum atomic E-state index is 11.7. The summed E-state index contributed by atoms with van der Waals surface area (Å²) in [6.45, 7) is 9.74. The molecule has 0 saturated carbocycles. The Bertz CT molecular complexity index is 447. The van der Waals surface area contributed by atoms with Gasteiger partial charge in [-0.05, 0) is 27.7 Å². The Balaban J connectivity index is 2.88. The Morgan fingerprint density at radius 1 is 1.25 bits per heavy atom. The lowest BCUT2D eigenvalue weighted by molar-refractivity contribution is -0.121. The van der Waals surface area contributed by atoms with Crippen molar-refractivity contribution >= 4 is 23.8 Å². The van der Waals surface area contributed by atoms with Crippen LogP contribution >= 0.6 is 0 Å². The first kappa shape index (κ1) is 15.9. The number of aromatic nitrogens is 3. The van der Waals surface area contributed by atoms with Crippen LogP contribution < -0.4 is 21.3 Å². The summed E-state index contributed by atoms with van der Waals surface area (Å²) >= 11 is 0. The van der Waals surface area contributed by atoms with E-state index in [1.165, 1.54) is 0 Å². The van der Waals surface area contributed by atoms with E-state index in [4.69, 9.17) is 5.73 Å². The van der Waals surface area contributed by atoms with Gasteiger partial charge < -0.3 is 21.3 Å². The number of hydrogen-bond donors (Lipinski definition) is 3. The molecule has 0 saturated heterocycles. The molecule has 1 aromatic rings. The van der Waals surface area contributed by atoms with Gasteiger partial charge in [-0.25, -0.2) is 0 Å². The Morgan fingerprint density at radius 3 is 2.45 bits per heavy atom. The molecule has 0 aliphatic rings. The number of nitrogens with zero attached hydrogens (tertiary/aromatic N) is 4. The molecular formula is C12H23N7O. The first-order valence-electron chi connectivity index (χ1n) is 6.82. The lowest BCUT2D eigenvalue weighted by Gasteiger charge is -2.20. The number of anilines is 3. The Hall–Kier alpha value is -2.12. The summed E-state index contributed by atoms with van der Waals surface area (Å²) in [4.78, 5) is 26.0. The summed E-state index contributed by atoms with van der Waals surface area (Å²) in [5, 5.41) is 5.66.